The molecule has 194 valence electrons. The fourth-order valence-corrected chi connectivity index (χ4v) is 6.09. The molecule has 1 atom stereocenters. The molecule has 0 fully saturated rings. The fraction of sp³-hybridized carbons (Fsp3) is 0.129. The van der Waals surface area contributed by atoms with Crippen LogP contribution < -0.4 is 9.80 Å². The Bertz CT molecular complexity index is 1750. The third kappa shape index (κ3) is 4.09. The average Bonchev–Trinajstić information content (AvgIpc) is 3.63. The first kappa shape index (κ1) is 24.6. The smallest absolute Gasteiger partial charge is 0.294 e. The number of amides is 1. The van der Waals surface area contributed by atoms with Crippen molar-refractivity contribution in [2.75, 3.05) is 23.9 Å². The van der Waals surface area contributed by atoms with Gasteiger partial charge in [-0.25, -0.2) is 4.98 Å². The van der Waals surface area contributed by atoms with Gasteiger partial charge in [0.25, 0.3) is 5.91 Å². The first-order valence-electron chi connectivity index (χ1n) is 12.5. The minimum absolute atomic E-state index is 0.0489. The highest BCUT2D eigenvalue weighted by molar-refractivity contribution is 7.17. The quantitative estimate of drug-likeness (QED) is 0.245. The van der Waals surface area contributed by atoms with Crippen LogP contribution in [0.2, 0.25) is 0 Å². The van der Waals surface area contributed by atoms with E-state index in [0.717, 1.165) is 27.7 Å². The predicted octanol–water partition coefficient (Wildman–Crippen LogP) is 6.45. The molecule has 0 bridgehead atoms. The number of nitrogens with zero attached hydrogens (tertiary/aromatic N) is 3. The number of hydrogen-bond acceptors (Lipinski definition) is 6. The van der Waals surface area contributed by atoms with E-state index in [1.165, 1.54) is 16.2 Å². The number of rotatable bonds is 6. The number of Topliss-reactive ketones (excluding diaryl/α,β-unsaturated/α-hetero) is 1. The second-order valence-corrected chi connectivity index (χ2v) is 10.7. The van der Waals surface area contributed by atoms with Gasteiger partial charge in [0.2, 0.25) is 5.78 Å². The van der Waals surface area contributed by atoms with E-state index in [-0.39, 0.29) is 5.57 Å². The molecular formula is C31H26N4O3S. The van der Waals surface area contributed by atoms with E-state index >= 15 is 0 Å². The largest absolute Gasteiger partial charge is 0.503 e. The zero-order valence-corrected chi connectivity index (χ0v) is 22.5. The molecule has 0 spiro atoms. The van der Waals surface area contributed by atoms with Gasteiger partial charge in [0.1, 0.15) is 5.01 Å². The minimum Gasteiger partial charge on any atom is -0.503 e. The Morgan fingerprint density at radius 1 is 1.00 bits per heavy atom. The molecule has 2 aromatic heterocycles. The summed E-state index contributed by atoms with van der Waals surface area (Å²) in [5.74, 6) is -1.56. The monoisotopic (exact) mass is 534 g/mol. The number of fused-ring (bicyclic) bond motifs is 1. The molecule has 3 aromatic carbocycles. The summed E-state index contributed by atoms with van der Waals surface area (Å²) >= 11 is 1.27. The molecule has 1 amide bonds. The SMILES string of the molecule is Cc1nc(-c2ccccc2)sc1C(=O)C1=C(O)C(=O)N(c2ccc(N(C)C)cc2)C1c1c[nH]c2ccccc12. The zero-order valence-electron chi connectivity index (χ0n) is 21.7. The maximum absolute atomic E-state index is 14.2. The Kier molecular flexibility index (Phi) is 6.04. The van der Waals surface area contributed by atoms with E-state index in [1.54, 1.807) is 6.92 Å². The predicted molar refractivity (Wildman–Crippen MR) is 156 cm³/mol. The lowest BCUT2D eigenvalue weighted by molar-refractivity contribution is -0.117. The van der Waals surface area contributed by atoms with Crippen molar-refractivity contribution in [2.24, 2.45) is 0 Å². The van der Waals surface area contributed by atoms with E-state index in [4.69, 9.17) is 0 Å². The van der Waals surface area contributed by atoms with Gasteiger partial charge in [0.05, 0.1) is 22.2 Å². The normalized spacial score (nSPS) is 15.4. The number of thiazole rings is 1. The van der Waals surface area contributed by atoms with Gasteiger partial charge in [-0.1, -0.05) is 48.5 Å². The summed E-state index contributed by atoms with van der Waals surface area (Å²) in [4.78, 5) is 39.6. The van der Waals surface area contributed by atoms with Crippen molar-refractivity contribution < 1.29 is 14.7 Å². The van der Waals surface area contributed by atoms with Crippen LogP contribution in [0.4, 0.5) is 11.4 Å². The van der Waals surface area contributed by atoms with Crippen molar-refractivity contribution >= 4 is 45.3 Å². The number of aliphatic hydroxyl groups is 1. The van der Waals surface area contributed by atoms with E-state index in [1.807, 2.05) is 104 Å². The molecule has 0 aliphatic carbocycles. The fourth-order valence-electron chi connectivity index (χ4n) is 5.06. The Balaban J connectivity index is 1.50. The number of carbonyl (C=O) groups excluding carboxylic acids is 2. The molecule has 7 nitrogen and oxygen atoms in total. The van der Waals surface area contributed by atoms with Crippen molar-refractivity contribution in [1.29, 1.82) is 0 Å². The summed E-state index contributed by atoms with van der Waals surface area (Å²) in [6.45, 7) is 1.78. The molecule has 6 rings (SSSR count). The van der Waals surface area contributed by atoms with Crippen molar-refractivity contribution in [3.05, 3.63) is 113 Å². The third-order valence-corrected chi connectivity index (χ3v) is 8.24. The lowest BCUT2D eigenvalue weighted by Gasteiger charge is -2.27. The summed E-state index contributed by atoms with van der Waals surface area (Å²) in [5, 5.41) is 12.8. The highest BCUT2D eigenvalue weighted by Gasteiger charge is 2.46. The number of aromatic amines is 1. The van der Waals surface area contributed by atoms with Gasteiger partial charge in [-0.2, -0.15) is 0 Å². The van der Waals surface area contributed by atoms with Crippen LogP contribution in [0.3, 0.4) is 0 Å². The maximum Gasteiger partial charge on any atom is 0.294 e. The van der Waals surface area contributed by atoms with Gasteiger partial charge >= 0.3 is 0 Å². The number of H-pyrrole nitrogens is 1. The van der Waals surface area contributed by atoms with E-state index in [0.29, 0.717) is 21.3 Å². The summed E-state index contributed by atoms with van der Waals surface area (Å²) in [7, 11) is 3.88. The number of benzene rings is 3. The number of aliphatic hydroxyl groups excluding tert-OH is 1. The number of aromatic nitrogens is 2. The summed E-state index contributed by atoms with van der Waals surface area (Å²) < 4.78 is 0. The van der Waals surface area contributed by atoms with Crippen molar-refractivity contribution in [3.8, 4) is 10.6 Å². The van der Waals surface area contributed by atoms with Gasteiger partial charge in [-0.05, 0) is 37.3 Å². The number of anilines is 2. The number of nitrogens with one attached hydrogen (secondary N) is 1. The number of carbonyl (C=O) groups is 2. The number of hydrogen-bond donors (Lipinski definition) is 2. The van der Waals surface area contributed by atoms with Crippen molar-refractivity contribution in [2.45, 2.75) is 13.0 Å². The van der Waals surface area contributed by atoms with Gasteiger partial charge < -0.3 is 15.0 Å². The Morgan fingerprint density at radius 3 is 2.41 bits per heavy atom. The zero-order chi connectivity index (χ0) is 27.3. The van der Waals surface area contributed by atoms with Crippen LogP contribution in [0.15, 0.2) is 96.4 Å². The molecular weight excluding hydrogens is 508 g/mol. The topological polar surface area (TPSA) is 89.5 Å². The lowest BCUT2D eigenvalue weighted by Crippen LogP contribution is -2.31. The van der Waals surface area contributed by atoms with Crippen LogP contribution in [-0.2, 0) is 4.79 Å². The molecule has 1 unspecified atom stereocenters. The Morgan fingerprint density at radius 2 is 1.69 bits per heavy atom. The molecule has 8 heteroatoms. The lowest BCUT2D eigenvalue weighted by atomic mass is 9.94. The second-order valence-electron chi connectivity index (χ2n) is 9.67. The summed E-state index contributed by atoms with van der Waals surface area (Å²) in [6.07, 6.45) is 1.81. The van der Waals surface area contributed by atoms with E-state index in [9.17, 15) is 14.7 Å². The molecule has 0 saturated heterocycles. The van der Waals surface area contributed by atoms with Crippen LogP contribution in [0.1, 0.15) is 27.0 Å². The molecule has 5 aromatic rings. The third-order valence-electron chi connectivity index (χ3n) is 7.04. The van der Waals surface area contributed by atoms with Crippen LogP contribution in [0, 0.1) is 6.92 Å². The number of aryl methyl sites for hydroxylation is 1. The van der Waals surface area contributed by atoms with Gasteiger partial charge in [-0.3, -0.25) is 14.5 Å². The number of para-hydroxylation sites is 1. The van der Waals surface area contributed by atoms with E-state index in [2.05, 4.69) is 9.97 Å². The highest BCUT2D eigenvalue weighted by Crippen LogP contribution is 2.45. The maximum atomic E-state index is 14.2. The molecule has 2 N–H and O–H groups in total. The summed E-state index contributed by atoms with van der Waals surface area (Å²) in [6, 6.07) is 24.0. The first-order valence-corrected chi connectivity index (χ1v) is 13.3. The van der Waals surface area contributed by atoms with Crippen molar-refractivity contribution in [3.63, 3.8) is 0 Å². The van der Waals surface area contributed by atoms with E-state index < -0.39 is 23.5 Å². The highest BCUT2D eigenvalue weighted by atomic mass is 32.1. The molecule has 0 radical (unpaired) electrons. The summed E-state index contributed by atoms with van der Waals surface area (Å²) in [5.41, 5.74) is 4.67. The molecule has 3 heterocycles. The van der Waals surface area contributed by atoms with Crippen LogP contribution in [-0.4, -0.2) is 40.9 Å². The van der Waals surface area contributed by atoms with Gasteiger partial charge in [-0.15, -0.1) is 11.3 Å². The van der Waals surface area contributed by atoms with Crippen LogP contribution in [0.25, 0.3) is 21.5 Å². The molecule has 39 heavy (non-hydrogen) atoms. The molecule has 0 saturated carbocycles. The Labute approximate surface area is 229 Å². The molecule has 1 aliphatic rings. The van der Waals surface area contributed by atoms with Crippen LogP contribution in [0.5, 0.6) is 0 Å². The number of ketones is 1. The Hall–Kier alpha value is -4.69. The minimum atomic E-state index is -0.826. The standard InChI is InChI=1S/C31H26N4O3S/c1-18-29(39-30(33-18)19-9-5-4-6-10-19)27(36)25-26(23-17-32-24-12-8-7-11-22(23)24)35(31(38)28(25)37)21-15-13-20(14-16-21)34(2)3/h4-17,26,32,37H,1-3H3. The van der Waals surface area contributed by atoms with Gasteiger partial charge in [0.15, 0.2) is 5.76 Å². The average molecular weight is 535 g/mol. The van der Waals surface area contributed by atoms with Crippen LogP contribution >= 0.6 is 11.3 Å². The first-order chi connectivity index (χ1) is 18.8. The second kappa shape index (κ2) is 9.56. The molecule has 1 aliphatic heterocycles. The van der Waals surface area contributed by atoms with Gasteiger partial charge in [0, 0.05) is 53.7 Å². The van der Waals surface area contributed by atoms with Crippen molar-refractivity contribution in [1.82, 2.24) is 9.97 Å².